The third-order valence-corrected chi connectivity index (χ3v) is 2.16. The Balaban J connectivity index is 2.94. The topological polar surface area (TPSA) is 59.0 Å². The molecule has 0 bridgehead atoms. The lowest BCUT2D eigenvalue weighted by atomic mass is 10.2. The fourth-order valence-electron chi connectivity index (χ4n) is 1.31. The Labute approximate surface area is 107 Å². The molecule has 0 amide bonds. The van der Waals surface area contributed by atoms with Crippen LogP contribution in [0.1, 0.15) is 37.0 Å². The Hall–Kier alpha value is -1.59. The number of phenolic OH excluding ortho intramolecular Hbond substituents is 1. The number of phenols is 1. The van der Waals surface area contributed by atoms with Crippen LogP contribution >= 0.6 is 0 Å². The van der Waals surface area contributed by atoms with Gasteiger partial charge in [0.1, 0.15) is 11.4 Å². The summed E-state index contributed by atoms with van der Waals surface area (Å²) in [5.74, 6) is 0.0563. The molecule has 1 aromatic rings. The van der Waals surface area contributed by atoms with Gasteiger partial charge in [0.2, 0.25) is 0 Å². The number of nitrogens with zero attached hydrogens (tertiary/aromatic N) is 1. The van der Waals surface area contributed by atoms with E-state index in [1.807, 2.05) is 13.8 Å². The van der Waals surface area contributed by atoms with Gasteiger partial charge in [-0.15, -0.1) is 5.23 Å². The molecule has 1 aromatic carbocycles. The van der Waals surface area contributed by atoms with Gasteiger partial charge in [-0.25, -0.2) is 9.68 Å². The van der Waals surface area contributed by atoms with Crippen LogP contribution in [0.3, 0.4) is 0 Å². The maximum atomic E-state index is 11.0. The Morgan fingerprint density at radius 2 is 1.83 bits per heavy atom. The van der Waals surface area contributed by atoms with Gasteiger partial charge in [-0.2, -0.15) is 0 Å². The minimum Gasteiger partial charge on any atom is -0.508 e. The Bertz CT molecular complexity index is 373. The molecule has 0 heterocycles. The van der Waals surface area contributed by atoms with Crippen molar-refractivity contribution in [2.75, 3.05) is 18.4 Å². The summed E-state index contributed by atoms with van der Waals surface area (Å²) in [6, 6.07) is 4.41. The second kappa shape index (κ2) is 7.68. The highest BCUT2D eigenvalue weighted by Crippen LogP contribution is 2.25. The Kier molecular flexibility index (Phi) is 6.18. The molecule has 5 nitrogen and oxygen atoms in total. The molecule has 0 saturated heterocycles. The molecular formula is C13H19NO4. The maximum Gasteiger partial charge on any atom is 0.152 e. The predicted octanol–water partition coefficient (Wildman–Crippen LogP) is 2.69. The highest BCUT2D eigenvalue weighted by molar-refractivity contribution is 5.84. The molecule has 0 saturated carbocycles. The van der Waals surface area contributed by atoms with Gasteiger partial charge >= 0.3 is 0 Å². The monoisotopic (exact) mass is 253 g/mol. The van der Waals surface area contributed by atoms with Crippen LogP contribution in [-0.2, 0) is 9.68 Å². The van der Waals surface area contributed by atoms with Gasteiger partial charge in [-0.1, -0.05) is 13.8 Å². The number of hydrogen-bond acceptors (Lipinski definition) is 5. The number of carbonyl (C=O) groups is 1. The molecule has 5 heteroatoms. The molecule has 0 fully saturated rings. The first-order valence-electron chi connectivity index (χ1n) is 6.07. The summed E-state index contributed by atoms with van der Waals surface area (Å²) in [5, 5.41) is 10.7. The van der Waals surface area contributed by atoms with Crippen molar-refractivity contribution in [3.05, 3.63) is 23.8 Å². The van der Waals surface area contributed by atoms with E-state index in [-0.39, 0.29) is 5.75 Å². The van der Waals surface area contributed by atoms with Crippen LogP contribution in [-0.4, -0.2) is 24.6 Å². The first kappa shape index (κ1) is 14.5. The molecule has 0 atom stereocenters. The van der Waals surface area contributed by atoms with Crippen LogP contribution in [0.5, 0.6) is 5.75 Å². The summed E-state index contributed by atoms with van der Waals surface area (Å²) >= 11 is 0. The standard InChI is InChI=1S/C13H19NO4/c1-3-7-17-14(18-8-4-2)13-9-12(16)6-5-11(13)10-15/h5-6,9-10,16H,3-4,7-8H2,1-2H3. The zero-order valence-electron chi connectivity index (χ0n) is 10.8. The summed E-state index contributed by atoms with van der Waals surface area (Å²) in [5.41, 5.74) is 0.812. The number of rotatable bonds is 8. The quantitative estimate of drug-likeness (QED) is 0.570. The van der Waals surface area contributed by atoms with Crippen LogP contribution < -0.4 is 5.23 Å². The lowest BCUT2D eigenvalue weighted by molar-refractivity contribution is -0.0895. The van der Waals surface area contributed by atoms with E-state index in [1.165, 1.54) is 23.4 Å². The largest absolute Gasteiger partial charge is 0.508 e. The second-order valence-corrected chi connectivity index (χ2v) is 3.78. The first-order valence-corrected chi connectivity index (χ1v) is 6.07. The molecule has 0 aliphatic heterocycles. The fourth-order valence-corrected chi connectivity index (χ4v) is 1.31. The zero-order chi connectivity index (χ0) is 13.4. The second-order valence-electron chi connectivity index (χ2n) is 3.78. The van der Waals surface area contributed by atoms with E-state index in [1.54, 1.807) is 0 Å². The molecule has 0 radical (unpaired) electrons. The van der Waals surface area contributed by atoms with E-state index >= 15 is 0 Å². The van der Waals surface area contributed by atoms with Crippen molar-refractivity contribution in [1.29, 1.82) is 0 Å². The minimum atomic E-state index is 0.0563. The van der Waals surface area contributed by atoms with Gasteiger partial charge in [-0.3, -0.25) is 4.79 Å². The van der Waals surface area contributed by atoms with Crippen LogP contribution in [0.2, 0.25) is 0 Å². The van der Waals surface area contributed by atoms with Crippen molar-refractivity contribution in [3.8, 4) is 5.75 Å². The number of aldehydes is 1. The van der Waals surface area contributed by atoms with Crippen molar-refractivity contribution < 1.29 is 19.6 Å². The van der Waals surface area contributed by atoms with E-state index in [4.69, 9.17) is 9.68 Å². The Morgan fingerprint density at radius 1 is 1.22 bits per heavy atom. The van der Waals surface area contributed by atoms with Gasteiger partial charge in [0, 0.05) is 11.6 Å². The molecule has 1 rings (SSSR count). The van der Waals surface area contributed by atoms with Crippen LogP contribution in [0.25, 0.3) is 0 Å². The molecule has 0 aliphatic carbocycles. The average molecular weight is 253 g/mol. The van der Waals surface area contributed by atoms with Crippen LogP contribution in [0, 0.1) is 0 Å². The molecule has 0 unspecified atom stereocenters. The van der Waals surface area contributed by atoms with Crippen LogP contribution in [0.4, 0.5) is 5.69 Å². The lowest BCUT2D eigenvalue weighted by Crippen LogP contribution is -2.26. The predicted molar refractivity (Wildman–Crippen MR) is 68.5 cm³/mol. The van der Waals surface area contributed by atoms with Gasteiger partial charge in [0.15, 0.2) is 6.29 Å². The molecule has 0 spiro atoms. The van der Waals surface area contributed by atoms with E-state index in [0.29, 0.717) is 30.8 Å². The summed E-state index contributed by atoms with van der Waals surface area (Å²) in [4.78, 5) is 21.8. The van der Waals surface area contributed by atoms with Gasteiger partial charge < -0.3 is 5.11 Å². The van der Waals surface area contributed by atoms with E-state index < -0.39 is 0 Å². The normalized spacial score (nSPS) is 10.3. The summed E-state index contributed by atoms with van der Waals surface area (Å²) in [6.45, 7) is 4.89. The molecule has 18 heavy (non-hydrogen) atoms. The van der Waals surface area contributed by atoms with Gasteiger partial charge in [-0.05, 0) is 25.0 Å². The first-order chi connectivity index (χ1) is 8.72. The molecule has 0 aromatic heterocycles. The summed E-state index contributed by atoms with van der Waals surface area (Å²) in [7, 11) is 0. The number of carbonyl (C=O) groups excluding carboxylic acids is 1. The lowest BCUT2D eigenvalue weighted by Gasteiger charge is -2.23. The van der Waals surface area contributed by atoms with E-state index in [2.05, 4.69) is 0 Å². The highest BCUT2D eigenvalue weighted by atomic mass is 16.9. The van der Waals surface area contributed by atoms with Crippen molar-refractivity contribution in [1.82, 2.24) is 0 Å². The van der Waals surface area contributed by atoms with E-state index in [9.17, 15) is 9.90 Å². The third kappa shape index (κ3) is 4.01. The third-order valence-electron chi connectivity index (χ3n) is 2.16. The highest BCUT2D eigenvalue weighted by Gasteiger charge is 2.13. The van der Waals surface area contributed by atoms with Crippen molar-refractivity contribution >= 4 is 12.0 Å². The molecule has 0 aliphatic rings. The maximum absolute atomic E-state index is 11.0. The van der Waals surface area contributed by atoms with Crippen molar-refractivity contribution in [2.45, 2.75) is 26.7 Å². The van der Waals surface area contributed by atoms with Gasteiger partial charge in [0.05, 0.1) is 13.2 Å². The number of benzene rings is 1. The van der Waals surface area contributed by atoms with Crippen LogP contribution in [0.15, 0.2) is 18.2 Å². The number of anilines is 1. The summed E-state index contributed by atoms with van der Waals surface area (Å²) in [6.07, 6.45) is 2.34. The van der Waals surface area contributed by atoms with E-state index in [0.717, 1.165) is 12.8 Å². The number of aromatic hydroxyl groups is 1. The van der Waals surface area contributed by atoms with Crippen molar-refractivity contribution in [2.24, 2.45) is 0 Å². The smallest absolute Gasteiger partial charge is 0.152 e. The Morgan fingerprint density at radius 3 is 2.33 bits per heavy atom. The minimum absolute atomic E-state index is 0.0563. The van der Waals surface area contributed by atoms with Crippen molar-refractivity contribution in [3.63, 3.8) is 0 Å². The zero-order valence-corrected chi connectivity index (χ0v) is 10.8. The fraction of sp³-hybridized carbons (Fsp3) is 0.462. The molecule has 1 N–H and O–H groups in total. The van der Waals surface area contributed by atoms with Gasteiger partial charge in [0.25, 0.3) is 0 Å². The number of hydrogen-bond donors (Lipinski definition) is 1. The SMILES string of the molecule is CCCON(OCCC)c1cc(O)ccc1C=O. The molecule has 100 valence electrons. The molecular weight excluding hydrogens is 234 g/mol. The summed E-state index contributed by atoms with van der Waals surface area (Å²) < 4.78 is 0. The average Bonchev–Trinajstić information content (AvgIpc) is 2.39.